The van der Waals surface area contributed by atoms with Crippen molar-refractivity contribution in [3.8, 4) is 0 Å². The van der Waals surface area contributed by atoms with Crippen molar-refractivity contribution in [2.45, 2.75) is 0 Å². The third-order valence-corrected chi connectivity index (χ3v) is 2.87. The summed E-state index contributed by atoms with van der Waals surface area (Å²) in [5.74, 6) is 6.32. The first-order valence-corrected chi connectivity index (χ1v) is 4.68. The molecule has 6 heteroatoms. The van der Waals surface area contributed by atoms with Gasteiger partial charge in [-0.15, -0.1) is 0 Å². The Labute approximate surface area is 86.7 Å². The molecule has 0 aromatic carbocycles. The van der Waals surface area contributed by atoms with Gasteiger partial charge in [0.1, 0.15) is 23.5 Å². The van der Waals surface area contributed by atoms with Gasteiger partial charge in [-0.1, -0.05) is 0 Å². The first-order chi connectivity index (χ1) is 5.74. The van der Waals surface area contributed by atoms with E-state index >= 15 is 0 Å². The quantitative estimate of drug-likeness (QED) is 0.418. The van der Waals surface area contributed by atoms with Gasteiger partial charge in [-0.05, 0) is 0 Å². The maximum absolute atomic E-state index is 10.3. The molecule has 0 fully saturated rings. The number of hydrogen-bond donors (Lipinski definition) is 0. The average molecular weight is 283 g/mol. The van der Waals surface area contributed by atoms with E-state index in [1.165, 1.54) is 23.5 Å². The molecule has 0 aromatic heterocycles. The Morgan fingerprint density at radius 1 is 0.769 bits per heavy atom. The fraction of sp³-hybridized carbons (Fsp3) is 0. The zero-order valence-electron chi connectivity index (χ0n) is 6.17. The van der Waals surface area contributed by atoms with Gasteiger partial charge in [0.05, 0.1) is 6.89 Å². The van der Waals surface area contributed by atoms with Crippen LogP contribution in [0.3, 0.4) is 0 Å². The second-order valence-corrected chi connectivity index (χ2v) is 4.29. The van der Waals surface area contributed by atoms with Crippen LogP contribution < -0.4 is 0 Å². The van der Waals surface area contributed by atoms with Gasteiger partial charge in [-0.3, -0.25) is 0 Å². The predicted octanol–water partition coefficient (Wildman–Crippen LogP) is 0.105. The summed E-state index contributed by atoms with van der Waals surface area (Å²) in [5, 5.41) is 0. The molecule has 68 valence electrons. The number of hydrogen-bond acceptors (Lipinski definition) is 4. The van der Waals surface area contributed by atoms with Crippen LogP contribution in [0.15, 0.2) is 17.5 Å². The van der Waals surface area contributed by atoms with E-state index in [4.69, 9.17) is 0 Å². The largest absolute Gasteiger partial charge is 0.233 e. The summed E-state index contributed by atoms with van der Waals surface area (Å²) >= 11 is 0. The van der Waals surface area contributed by atoms with Crippen LogP contribution in [-0.4, -0.2) is 23.5 Å². The molecule has 0 aliphatic heterocycles. The molecule has 0 unspecified atom stereocenters. The van der Waals surface area contributed by atoms with Gasteiger partial charge in [0.2, 0.25) is 0 Å². The van der Waals surface area contributed by atoms with E-state index < -0.39 is 6.89 Å². The first-order valence-electron chi connectivity index (χ1n) is 2.68. The fourth-order valence-electron chi connectivity index (χ4n) is 0.452. The predicted molar refractivity (Wildman–Crippen MR) is 43.4 cm³/mol. The molecule has 0 aromatic rings. The Morgan fingerprint density at radius 3 is 1.23 bits per heavy atom. The van der Waals surface area contributed by atoms with Crippen LogP contribution in [0.2, 0.25) is 0 Å². The van der Waals surface area contributed by atoms with Crippen molar-refractivity contribution in [3.05, 3.63) is 17.5 Å². The van der Waals surface area contributed by atoms with Crippen LogP contribution in [0, 0.1) is 0 Å². The van der Waals surface area contributed by atoms with Crippen molar-refractivity contribution in [2.24, 2.45) is 0 Å². The summed E-state index contributed by atoms with van der Waals surface area (Å²) in [4.78, 5) is 40.0. The molecule has 0 aliphatic carbocycles. The number of carbonyl (C=O) groups excluding carboxylic acids is 4. The Bertz CT molecular complexity index is 336. The summed E-state index contributed by atoms with van der Waals surface area (Å²) in [6, 6.07) is 0. The maximum atomic E-state index is 10.3. The molecule has 0 rings (SSSR count). The molecule has 0 aliphatic rings. The normalized spacial score (nSPS) is 11.1. The minimum atomic E-state index is -2.93. The first kappa shape index (κ1) is 14.5. The van der Waals surface area contributed by atoms with E-state index in [1.807, 2.05) is 0 Å². The standard InChI is InChI=1S/C7H3O4P.Ru/c8-1-4-12(7-11,5-2-9)6-3-10;/h4-6H;. The smallest absolute Gasteiger partial charge is 0.128 e. The molecule has 0 N–H and O–H groups in total. The van der Waals surface area contributed by atoms with Crippen LogP contribution in [0.25, 0.3) is 0 Å². The van der Waals surface area contributed by atoms with Crippen LogP contribution in [-0.2, 0) is 38.7 Å². The number of rotatable bonds is 3. The van der Waals surface area contributed by atoms with Crippen molar-refractivity contribution in [1.29, 1.82) is 0 Å². The second kappa shape index (κ2) is 7.62. The van der Waals surface area contributed by atoms with E-state index in [2.05, 4.69) is 0 Å². The Balaban J connectivity index is 0. The van der Waals surface area contributed by atoms with Crippen LogP contribution >= 0.6 is 6.89 Å². The van der Waals surface area contributed by atoms with Crippen LogP contribution in [0.5, 0.6) is 0 Å². The van der Waals surface area contributed by atoms with Gasteiger partial charge in [-0.2, -0.15) is 0 Å². The van der Waals surface area contributed by atoms with E-state index in [0.717, 1.165) is 17.5 Å². The Kier molecular flexibility index (Phi) is 8.51. The van der Waals surface area contributed by atoms with E-state index in [9.17, 15) is 19.2 Å². The summed E-state index contributed by atoms with van der Waals surface area (Å²) in [6.45, 7) is -2.93. The SMILES string of the molecule is O=C=CP(=C=O)(C=C=O)C=C=O.[Ru]. The summed E-state index contributed by atoms with van der Waals surface area (Å²) in [6.07, 6.45) is 0. The summed E-state index contributed by atoms with van der Waals surface area (Å²) < 4.78 is 0. The van der Waals surface area contributed by atoms with Crippen LogP contribution in [0.4, 0.5) is 0 Å². The van der Waals surface area contributed by atoms with Gasteiger partial charge in [-0.25, -0.2) is 19.2 Å². The third kappa shape index (κ3) is 4.53. The minimum Gasteiger partial charge on any atom is -0.233 e. The molecule has 4 nitrogen and oxygen atoms in total. The minimum absolute atomic E-state index is 0. The van der Waals surface area contributed by atoms with E-state index in [0.29, 0.717) is 0 Å². The van der Waals surface area contributed by atoms with E-state index in [1.54, 1.807) is 0 Å². The molecular formula is C7H3O4PRu. The monoisotopic (exact) mass is 284 g/mol. The molecule has 0 heterocycles. The average Bonchev–Trinajstić information content (AvgIpc) is 2.06. The van der Waals surface area contributed by atoms with Crippen molar-refractivity contribution < 1.29 is 38.7 Å². The molecule has 0 saturated heterocycles. The topological polar surface area (TPSA) is 68.3 Å². The van der Waals surface area contributed by atoms with Gasteiger partial charge < -0.3 is 0 Å². The van der Waals surface area contributed by atoms with Crippen molar-refractivity contribution >= 4 is 30.4 Å². The van der Waals surface area contributed by atoms with E-state index in [-0.39, 0.29) is 19.5 Å². The molecule has 0 atom stereocenters. The fourth-order valence-corrected chi connectivity index (χ4v) is 1.36. The molecular weight excluding hydrogens is 280 g/mol. The maximum Gasteiger partial charge on any atom is 0.128 e. The van der Waals surface area contributed by atoms with Crippen molar-refractivity contribution in [3.63, 3.8) is 0 Å². The van der Waals surface area contributed by atoms with Gasteiger partial charge in [0.15, 0.2) is 0 Å². The molecule has 0 amide bonds. The molecule has 0 bridgehead atoms. The molecule has 0 spiro atoms. The van der Waals surface area contributed by atoms with Gasteiger partial charge in [0, 0.05) is 36.9 Å². The summed E-state index contributed by atoms with van der Waals surface area (Å²) in [5.41, 5.74) is 1.43. The Hall–Kier alpha value is -1.02. The zero-order valence-corrected chi connectivity index (χ0v) is 8.80. The molecule has 13 heavy (non-hydrogen) atoms. The van der Waals surface area contributed by atoms with Crippen LogP contribution in [0.1, 0.15) is 0 Å². The van der Waals surface area contributed by atoms with Crippen molar-refractivity contribution in [1.82, 2.24) is 0 Å². The van der Waals surface area contributed by atoms with Gasteiger partial charge in [0.25, 0.3) is 0 Å². The zero-order chi connectivity index (χ0) is 9.45. The summed E-state index contributed by atoms with van der Waals surface area (Å²) in [7, 11) is 0. The second-order valence-electron chi connectivity index (χ2n) is 1.67. The molecule has 0 radical (unpaired) electrons. The van der Waals surface area contributed by atoms with Gasteiger partial charge >= 0.3 is 0 Å². The third-order valence-electron chi connectivity index (χ3n) is 0.957. The van der Waals surface area contributed by atoms with Crippen molar-refractivity contribution in [2.75, 3.05) is 0 Å². The Morgan fingerprint density at radius 2 is 1.08 bits per heavy atom. The molecule has 0 saturated carbocycles.